The predicted octanol–water partition coefficient (Wildman–Crippen LogP) is 7.60. The number of hydrogen-bond acceptors (Lipinski definition) is 4. The summed E-state index contributed by atoms with van der Waals surface area (Å²) in [7, 11) is 0. The molecular weight excluding hydrogens is 560 g/mol. The van der Waals surface area contributed by atoms with Crippen molar-refractivity contribution in [2.24, 2.45) is 0 Å². The number of esters is 1. The van der Waals surface area contributed by atoms with Gasteiger partial charge in [0.25, 0.3) is 0 Å². The first-order chi connectivity index (χ1) is 18.8. The van der Waals surface area contributed by atoms with Crippen molar-refractivity contribution >= 4 is 61.5 Å². The Morgan fingerprint density at radius 1 is 0.641 bits per heavy atom. The van der Waals surface area contributed by atoms with Crippen molar-refractivity contribution in [3.05, 3.63) is 136 Å². The minimum atomic E-state index is -0.978. The van der Waals surface area contributed by atoms with Crippen molar-refractivity contribution in [3.63, 3.8) is 0 Å². The van der Waals surface area contributed by atoms with Gasteiger partial charge in [-0.25, -0.2) is 14.4 Å². The number of halogens is 1. The average Bonchev–Trinajstić information content (AvgIpc) is 2.95. The van der Waals surface area contributed by atoms with Gasteiger partial charge >= 0.3 is 17.9 Å². The molecule has 0 unspecified atom stereocenters. The van der Waals surface area contributed by atoms with Crippen LogP contribution in [0.15, 0.2) is 114 Å². The zero-order valence-electron chi connectivity index (χ0n) is 20.6. The predicted molar refractivity (Wildman–Crippen MR) is 155 cm³/mol. The minimum Gasteiger partial charge on any atom is -0.478 e. The van der Waals surface area contributed by atoms with Gasteiger partial charge in [0.05, 0.1) is 11.1 Å². The molecule has 2 N–H and O–H groups in total. The molecule has 0 atom stereocenters. The molecule has 0 bridgehead atoms. The molecule has 0 spiro atoms. The number of ether oxygens (including phenoxy) is 1. The molecule has 39 heavy (non-hydrogen) atoms. The molecule has 6 nitrogen and oxygen atoms in total. The van der Waals surface area contributed by atoms with Crippen LogP contribution in [0.5, 0.6) is 0 Å². The van der Waals surface area contributed by atoms with Gasteiger partial charge in [-0.3, -0.25) is 0 Å². The van der Waals surface area contributed by atoms with Crippen LogP contribution in [-0.4, -0.2) is 28.1 Å². The standard InChI is InChI=1S/C21H16O4.C11H7BrO2/c22-20(25-14-15-6-2-1-3-7-15)13-11-16-10-12-19(21(23)24)18-9-5-4-8-17(16)18;12-10-6-5-9(11(13)14)7-3-1-2-4-8(7)10/h1-13H,14H2,(H,23,24);1-6H,(H,13,14)/b13-11+;. The zero-order valence-corrected chi connectivity index (χ0v) is 22.2. The van der Waals surface area contributed by atoms with Crippen LogP contribution in [0.25, 0.3) is 27.6 Å². The molecular formula is C32H23BrO6. The van der Waals surface area contributed by atoms with E-state index < -0.39 is 17.9 Å². The number of rotatable bonds is 6. The van der Waals surface area contributed by atoms with Gasteiger partial charge in [-0.15, -0.1) is 0 Å². The fourth-order valence-electron chi connectivity index (χ4n) is 4.04. The van der Waals surface area contributed by atoms with Crippen LogP contribution in [0.1, 0.15) is 31.8 Å². The lowest BCUT2D eigenvalue weighted by Crippen LogP contribution is -2.01. The van der Waals surface area contributed by atoms with Gasteiger partial charge in [-0.2, -0.15) is 0 Å². The molecule has 5 aromatic carbocycles. The first-order valence-corrected chi connectivity index (χ1v) is 12.7. The smallest absolute Gasteiger partial charge is 0.336 e. The summed E-state index contributed by atoms with van der Waals surface area (Å²) in [5, 5.41) is 21.3. The van der Waals surface area contributed by atoms with Gasteiger partial charge in [0.1, 0.15) is 6.61 Å². The van der Waals surface area contributed by atoms with Gasteiger partial charge in [-0.05, 0) is 56.9 Å². The SMILES string of the molecule is O=C(/C=C/c1ccc(C(=O)O)c2ccccc12)OCc1ccccc1.O=C(O)c1ccc(Br)c2ccccc12. The van der Waals surface area contributed by atoms with E-state index in [1.807, 2.05) is 66.7 Å². The van der Waals surface area contributed by atoms with Crippen molar-refractivity contribution in [2.75, 3.05) is 0 Å². The quantitative estimate of drug-likeness (QED) is 0.158. The second-order valence-electron chi connectivity index (χ2n) is 8.43. The van der Waals surface area contributed by atoms with Crippen molar-refractivity contribution in [1.82, 2.24) is 0 Å². The third-order valence-corrected chi connectivity index (χ3v) is 6.60. The van der Waals surface area contributed by atoms with Gasteiger partial charge in [0.2, 0.25) is 0 Å². The van der Waals surface area contributed by atoms with Crippen LogP contribution < -0.4 is 0 Å². The zero-order chi connectivity index (χ0) is 27.8. The molecule has 5 aromatic rings. The van der Waals surface area contributed by atoms with Crippen LogP contribution in [0.3, 0.4) is 0 Å². The number of benzene rings is 5. The molecule has 0 fully saturated rings. The molecule has 5 rings (SSSR count). The van der Waals surface area contributed by atoms with E-state index in [0.717, 1.165) is 31.8 Å². The Hall–Kier alpha value is -4.75. The Bertz CT molecular complexity index is 1690. The minimum absolute atomic E-state index is 0.211. The van der Waals surface area contributed by atoms with Crippen LogP contribution in [0.2, 0.25) is 0 Å². The summed E-state index contributed by atoms with van der Waals surface area (Å²) in [6.45, 7) is 0.211. The second kappa shape index (κ2) is 12.7. The topological polar surface area (TPSA) is 101 Å². The van der Waals surface area contributed by atoms with E-state index in [1.165, 1.54) is 6.08 Å². The summed E-state index contributed by atoms with van der Waals surface area (Å²) in [6, 6.07) is 30.7. The molecule has 0 amide bonds. The van der Waals surface area contributed by atoms with Crippen LogP contribution in [-0.2, 0) is 16.1 Å². The lowest BCUT2D eigenvalue weighted by atomic mass is 9.99. The fourth-order valence-corrected chi connectivity index (χ4v) is 4.52. The van der Waals surface area contributed by atoms with Gasteiger partial charge < -0.3 is 14.9 Å². The summed E-state index contributed by atoms with van der Waals surface area (Å²) >= 11 is 3.39. The van der Waals surface area contributed by atoms with E-state index in [4.69, 9.17) is 9.84 Å². The number of carbonyl (C=O) groups is 3. The number of hydrogen-bond donors (Lipinski definition) is 2. The molecule has 0 heterocycles. The number of aromatic carboxylic acids is 2. The third kappa shape index (κ3) is 6.77. The molecule has 7 heteroatoms. The van der Waals surface area contributed by atoms with Crippen LogP contribution >= 0.6 is 15.9 Å². The van der Waals surface area contributed by atoms with E-state index in [1.54, 1.807) is 42.5 Å². The highest BCUT2D eigenvalue weighted by atomic mass is 79.9. The summed E-state index contributed by atoms with van der Waals surface area (Å²) in [5.41, 5.74) is 2.25. The maximum atomic E-state index is 11.9. The van der Waals surface area contributed by atoms with E-state index in [2.05, 4.69) is 15.9 Å². The highest BCUT2D eigenvalue weighted by Crippen LogP contribution is 2.27. The molecule has 194 valence electrons. The number of fused-ring (bicyclic) bond motifs is 2. The average molecular weight is 583 g/mol. The maximum absolute atomic E-state index is 11.9. The monoisotopic (exact) mass is 582 g/mol. The fraction of sp³-hybridized carbons (Fsp3) is 0.0312. The summed E-state index contributed by atoms with van der Waals surface area (Å²) < 4.78 is 6.12. The largest absolute Gasteiger partial charge is 0.478 e. The highest BCUT2D eigenvalue weighted by Gasteiger charge is 2.10. The Morgan fingerprint density at radius 2 is 1.15 bits per heavy atom. The second-order valence-corrected chi connectivity index (χ2v) is 9.28. The Balaban J connectivity index is 0.000000212. The number of carboxylic acid groups (broad SMARTS) is 2. The molecule has 0 saturated carbocycles. The maximum Gasteiger partial charge on any atom is 0.336 e. The molecule has 0 aliphatic heterocycles. The van der Waals surface area contributed by atoms with Crippen molar-refractivity contribution in [2.45, 2.75) is 6.61 Å². The van der Waals surface area contributed by atoms with Crippen LogP contribution in [0, 0.1) is 0 Å². The van der Waals surface area contributed by atoms with E-state index in [-0.39, 0.29) is 12.2 Å². The Morgan fingerprint density at radius 3 is 1.77 bits per heavy atom. The van der Waals surface area contributed by atoms with Crippen molar-refractivity contribution in [1.29, 1.82) is 0 Å². The molecule has 0 radical (unpaired) electrons. The summed E-state index contributed by atoms with van der Waals surface area (Å²) in [6.07, 6.45) is 2.99. The van der Waals surface area contributed by atoms with Crippen molar-refractivity contribution in [3.8, 4) is 0 Å². The molecule has 0 aliphatic carbocycles. The first kappa shape index (κ1) is 27.3. The molecule has 0 saturated heterocycles. The normalized spacial score (nSPS) is 10.7. The van der Waals surface area contributed by atoms with Crippen molar-refractivity contribution < 1.29 is 29.3 Å². The summed E-state index contributed by atoms with van der Waals surface area (Å²) in [5.74, 6) is -2.32. The van der Waals surface area contributed by atoms with E-state index in [9.17, 15) is 19.5 Å². The highest BCUT2D eigenvalue weighted by molar-refractivity contribution is 9.10. The number of carboxylic acids is 2. The lowest BCUT2D eigenvalue weighted by molar-refractivity contribution is -0.138. The van der Waals surface area contributed by atoms with Crippen LogP contribution in [0.4, 0.5) is 0 Å². The number of carbonyl (C=O) groups excluding carboxylic acids is 1. The molecule has 0 aliphatic rings. The Labute approximate surface area is 232 Å². The third-order valence-electron chi connectivity index (χ3n) is 5.91. The lowest BCUT2D eigenvalue weighted by Gasteiger charge is -2.06. The Kier molecular flexibility index (Phi) is 8.86. The molecule has 0 aromatic heterocycles. The van der Waals surface area contributed by atoms with Gasteiger partial charge in [-0.1, -0.05) is 101 Å². The summed E-state index contributed by atoms with van der Waals surface area (Å²) in [4.78, 5) is 34.1. The van der Waals surface area contributed by atoms with E-state index >= 15 is 0 Å². The van der Waals surface area contributed by atoms with E-state index in [0.29, 0.717) is 10.9 Å². The van der Waals surface area contributed by atoms with Gasteiger partial charge in [0, 0.05) is 10.5 Å². The van der Waals surface area contributed by atoms with Gasteiger partial charge in [0.15, 0.2) is 0 Å². The first-order valence-electron chi connectivity index (χ1n) is 11.9.